The molecule has 0 aliphatic heterocycles. The summed E-state index contributed by atoms with van der Waals surface area (Å²) in [5.41, 5.74) is 3.35. The lowest BCUT2D eigenvalue weighted by molar-refractivity contribution is -0.0587. The van der Waals surface area contributed by atoms with Crippen LogP contribution in [0, 0.1) is 31.1 Å². The second-order valence-corrected chi connectivity index (χ2v) is 8.04. The number of hydrogen-bond donors (Lipinski definition) is 1. The van der Waals surface area contributed by atoms with E-state index in [1.54, 1.807) is 0 Å². The molecule has 0 radical (unpaired) electrons. The molecule has 1 aromatic carbocycles. The summed E-state index contributed by atoms with van der Waals surface area (Å²) in [6.45, 7) is 10.4. The molecule has 0 unspecified atom stereocenters. The molecular weight excluding hydrogens is 272 g/mol. The van der Waals surface area contributed by atoms with E-state index in [9.17, 15) is 9.90 Å². The number of aryl methyl sites for hydroxylation is 2. The molecule has 3 rings (SSSR count). The highest BCUT2D eigenvalue weighted by atomic mass is 16.3. The maximum absolute atomic E-state index is 13.4. The van der Waals surface area contributed by atoms with Crippen LogP contribution < -0.4 is 0 Å². The lowest BCUT2D eigenvalue weighted by atomic mass is 9.68. The first-order chi connectivity index (χ1) is 10.2. The lowest BCUT2D eigenvalue weighted by Gasteiger charge is -2.39. The molecule has 0 bridgehead atoms. The number of hydrogen-bond acceptors (Lipinski definition) is 2. The van der Waals surface area contributed by atoms with Gasteiger partial charge in [-0.2, -0.15) is 0 Å². The Morgan fingerprint density at radius 1 is 1.18 bits per heavy atom. The van der Waals surface area contributed by atoms with Crippen molar-refractivity contribution in [2.24, 2.45) is 17.3 Å². The van der Waals surface area contributed by atoms with E-state index in [2.05, 4.69) is 39.8 Å². The van der Waals surface area contributed by atoms with Gasteiger partial charge in [0.2, 0.25) is 0 Å². The highest BCUT2D eigenvalue weighted by Gasteiger charge is 2.59. The molecule has 22 heavy (non-hydrogen) atoms. The first-order valence-electron chi connectivity index (χ1n) is 8.58. The van der Waals surface area contributed by atoms with Crippen LogP contribution >= 0.6 is 0 Å². The topological polar surface area (TPSA) is 37.3 Å². The Morgan fingerprint density at radius 3 is 2.45 bits per heavy atom. The Bertz CT molecular complexity index is 631. The molecule has 2 aliphatic rings. The highest BCUT2D eigenvalue weighted by molar-refractivity contribution is 6.04. The minimum Gasteiger partial charge on any atom is -0.389 e. The molecule has 0 saturated heterocycles. The molecule has 3 atom stereocenters. The first-order valence-corrected chi connectivity index (χ1v) is 8.58. The quantitative estimate of drug-likeness (QED) is 0.842. The number of fused-ring (bicyclic) bond motifs is 2. The summed E-state index contributed by atoms with van der Waals surface area (Å²) >= 11 is 0. The van der Waals surface area contributed by atoms with Gasteiger partial charge in [0, 0.05) is 16.9 Å². The summed E-state index contributed by atoms with van der Waals surface area (Å²) in [6, 6.07) is 4.19. The molecule has 1 saturated carbocycles. The Labute approximate surface area is 133 Å². The molecule has 2 aliphatic carbocycles. The Hall–Kier alpha value is -1.15. The predicted octanol–water partition coefficient (Wildman–Crippen LogP) is 4.24. The van der Waals surface area contributed by atoms with E-state index < -0.39 is 11.0 Å². The minimum atomic E-state index is -0.700. The van der Waals surface area contributed by atoms with Crippen LogP contribution in [0.1, 0.15) is 67.1 Å². The summed E-state index contributed by atoms with van der Waals surface area (Å²) in [6.07, 6.45) is 3.37. The van der Waals surface area contributed by atoms with Crippen molar-refractivity contribution in [2.75, 3.05) is 0 Å². The van der Waals surface area contributed by atoms with Crippen LogP contribution in [-0.2, 0) is 6.42 Å². The number of aliphatic hydroxyl groups is 1. The molecule has 1 aromatic rings. The van der Waals surface area contributed by atoms with Crippen molar-refractivity contribution in [2.45, 2.75) is 65.9 Å². The fourth-order valence-corrected chi connectivity index (χ4v) is 4.97. The zero-order valence-corrected chi connectivity index (χ0v) is 14.5. The van der Waals surface area contributed by atoms with Crippen LogP contribution in [0.4, 0.5) is 0 Å². The van der Waals surface area contributed by atoms with Crippen LogP contribution in [0.5, 0.6) is 0 Å². The molecule has 0 amide bonds. The average molecular weight is 300 g/mol. The van der Waals surface area contributed by atoms with Crippen molar-refractivity contribution in [3.63, 3.8) is 0 Å². The Kier molecular flexibility index (Phi) is 3.52. The van der Waals surface area contributed by atoms with E-state index in [1.807, 2.05) is 6.92 Å². The Balaban J connectivity index is 2.16. The summed E-state index contributed by atoms with van der Waals surface area (Å²) in [4.78, 5) is 13.4. The number of rotatable bonds is 1. The van der Waals surface area contributed by atoms with E-state index in [0.29, 0.717) is 0 Å². The summed E-state index contributed by atoms with van der Waals surface area (Å²) in [7, 11) is 0. The van der Waals surface area contributed by atoms with E-state index in [1.165, 1.54) is 11.1 Å². The zero-order chi connectivity index (χ0) is 16.3. The third-order valence-electron chi connectivity index (χ3n) is 6.60. The second-order valence-electron chi connectivity index (χ2n) is 8.04. The zero-order valence-electron chi connectivity index (χ0n) is 14.5. The Morgan fingerprint density at radius 2 is 1.82 bits per heavy atom. The smallest absolute Gasteiger partial charge is 0.169 e. The molecule has 0 heterocycles. The third-order valence-corrected chi connectivity index (χ3v) is 6.60. The molecular formula is C20H28O2. The van der Waals surface area contributed by atoms with Gasteiger partial charge in [-0.25, -0.2) is 0 Å². The molecule has 0 aromatic heterocycles. The number of carbonyl (C=O) groups is 1. The molecule has 2 heteroatoms. The van der Waals surface area contributed by atoms with Gasteiger partial charge in [-0.05, 0) is 62.1 Å². The maximum Gasteiger partial charge on any atom is 0.169 e. The van der Waals surface area contributed by atoms with Gasteiger partial charge < -0.3 is 5.11 Å². The van der Waals surface area contributed by atoms with Crippen molar-refractivity contribution < 1.29 is 9.90 Å². The summed E-state index contributed by atoms with van der Waals surface area (Å²) in [5.74, 6) is 0.525. The van der Waals surface area contributed by atoms with Gasteiger partial charge in [-0.15, -0.1) is 0 Å². The monoisotopic (exact) mass is 300 g/mol. The number of benzene rings is 1. The number of ketones is 1. The van der Waals surface area contributed by atoms with E-state index in [-0.39, 0.29) is 17.6 Å². The van der Waals surface area contributed by atoms with Gasteiger partial charge >= 0.3 is 0 Å². The van der Waals surface area contributed by atoms with Crippen LogP contribution in [0.25, 0.3) is 0 Å². The molecule has 1 N–H and O–H groups in total. The van der Waals surface area contributed by atoms with Gasteiger partial charge in [0.15, 0.2) is 5.78 Å². The fraction of sp³-hybridized carbons (Fsp3) is 0.650. The van der Waals surface area contributed by atoms with Crippen molar-refractivity contribution in [3.05, 3.63) is 34.4 Å². The van der Waals surface area contributed by atoms with E-state index in [4.69, 9.17) is 0 Å². The normalized spacial score (nSPS) is 34.5. The van der Waals surface area contributed by atoms with Crippen molar-refractivity contribution in [1.82, 2.24) is 0 Å². The van der Waals surface area contributed by atoms with Crippen molar-refractivity contribution in [1.29, 1.82) is 0 Å². The highest BCUT2D eigenvalue weighted by Crippen LogP contribution is 2.57. The van der Waals surface area contributed by atoms with E-state index in [0.717, 1.165) is 36.8 Å². The third kappa shape index (κ3) is 1.93. The van der Waals surface area contributed by atoms with Crippen LogP contribution in [0.15, 0.2) is 12.1 Å². The van der Waals surface area contributed by atoms with Gasteiger partial charge in [-0.1, -0.05) is 32.9 Å². The fourth-order valence-electron chi connectivity index (χ4n) is 4.97. The van der Waals surface area contributed by atoms with Crippen LogP contribution in [0.3, 0.4) is 0 Å². The lowest BCUT2D eigenvalue weighted by Crippen LogP contribution is -2.45. The predicted molar refractivity (Wildman–Crippen MR) is 89.2 cm³/mol. The first kappa shape index (κ1) is 15.7. The van der Waals surface area contributed by atoms with E-state index >= 15 is 0 Å². The van der Waals surface area contributed by atoms with Gasteiger partial charge in [0.25, 0.3) is 0 Å². The largest absolute Gasteiger partial charge is 0.389 e. The number of Topliss-reactive ketones (excluding diaryl/α,β-unsaturated/α-hetero) is 1. The van der Waals surface area contributed by atoms with Crippen molar-refractivity contribution in [3.8, 4) is 0 Å². The van der Waals surface area contributed by atoms with Crippen LogP contribution in [-0.4, -0.2) is 16.5 Å². The average Bonchev–Trinajstić information content (AvgIpc) is 2.66. The molecule has 1 fully saturated rings. The van der Waals surface area contributed by atoms with Gasteiger partial charge in [-0.3, -0.25) is 4.79 Å². The SMILES string of the molecule is Cc1ccc(C)c2c1CC[C@H]1[C@@](C)(CC[C@]1(O)C(C)C)C2=O. The second kappa shape index (κ2) is 4.92. The summed E-state index contributed by atoms with van der Waals surface area (Å²) in [5, 5.41) is 11.2. The standard InChI is InChI=1S/C20H28O2/c1-12(2)20(22)11-10-19(5)16(20)9-8-15-13(3)6-7-14(4)17(15)18(19)21/h6-7,12,16,22H,8-11H2,1-5H3/t16-,19+,20-/m0/s1. The summed E-state index contributed by atoms with van der Waals surface area (Å²) < 4.78 is 0. The molecule has 0 spiro atoms. The minimum absolute atomic E-state index is 0.0682. The van der Waals surface area contributed by atoms with Crippen molar-refractivity contribution >= 4 is 5.78 Å². The number of carbonyl (C=O) groups excluding carboxylic acids is 1. The maximum atomic E-state index is 13.4. The van der Waals surface area contributed by atoms with Gasteiger partial charge in [0.1, 0.15) is 0 Å². The molecule has 120 valence electrons. The molecule has 2 nitrogen and oxygen atoms in total. The van der Waals surface area contributed by atoms with Crippen LogP contribution in [0.2, 0.25) is 0 Å². The van der Waals surface area contributed by atoms with Gasteiger partial charge in [0.05, 0.1) is 5.60 Å².